The number of rotatable bonds is 8. The smallest absolute Gasteiger partial charge is 0.290 e. The van der Waals surface area contributed by atoms with Crippen LogP contribution < -0.4 is 5.32 Å². The second-order valence-electron chi connectivity index (χ2n) is 9.71. The highest BCUT2D eigenvalue weighted by Gasteiger charge is 2.62. The highest BCUT2D eigenvalue weighted by molar-refractivity contribution is 5.78. The average Bonchev–Trinajstić information content (AvgIpc) is 3.46. The minimum absolute atomic E-state index is 0.00371. The van der Waals surface area contributed by atoms with Gasteiger partial charge in [0.15, 0.2) is 0 Å². The van der Waals surface area contributed by atoms with Gasteiger partial charge in [-0.05, 0) is 57.9 Å². The van der Waals surface area contributed by atoms with Crippen molar-refractivity contribution in [1.82, 2.24) is 15.1 Å². The van der Waals surface area contributed by atoms with Gasteiger partial charge in [-0.1, -0.05) is 12.1 Å². The number of nitrogens with one attached hydrogen (secondary N) is 1. The van der Waals surface area contributed by atoms with E-state index in [0.717, 1.165) is 45.4 Å². The Balaban J connectivity index is 0.000000655. The Morgan fingerprint density at radius 2 is 1.89 bits per heavy atom. The maximum absolute atomic E-state index is 12.3. The molecule has 0 unspecified atom stereocenters. The summed E-state index contributed by atoms with van der Waals surface area (Å²) in [6.07, 6.45) is 3.56. The Kier molecular flexibility index (Phi) is 10.9. The number of hydrogen-bond acceptors (Lipinski definition) is 7. The van der Waals surface area contributed by atoms with E-state index in [1.54, 1.807) is 12.1 Å². The summed E-state index contributed by atoms with van der Waals surface area (Å²) in [4.78, 5) is 33.7. The van der Waals surface area contributed by atoms with Gasteiger partial charge in [0.1, 0.15) is 5.75 Å². The van der Waals surface area contributed by atoms with Gasteiger partial charge in [0, 0.05) is 44.1 Å². The van der Waals surface area contributed by atoms with E-state index in [9.17, 15) is 9.90 Å². The molecule has 0 radical (unpaired) electrons. The molecule has 1 aromatic carbocycles. The lowest BCUT2D eigenvalue weighted by Gasteiger charge is -2.30. The van der Waals surface area contributed by atoms with E-state index in [1.165, 1.54) is 5.56 Å². The molecule has 1 amide bonds. The molecule has 3 saturated heterocycles. The molecular weight excluding hydrogens is 454 g/mol. The molecule has 196 valence electrons. The number of carboxylic acid groups (broad SMARTS) is 2. The molecule has 1 aromatic rings. The molecule has 3 heterocycles. The Hall–Kier alpha value is -2.69. The summed E-state index contributed by atoms with van der Waals surface area (Å²) in [6.45, 7) is 7.96. The third-order valence-corrected chi connectivity index (χ3v) is 7.32. The third-order valence-electron chi connectivity index (χ3n) is 7.32. The van der Waals surface area contributed by atoms with Crippen molar-refractivity contribution in [2.24, 2.45) is 11.8 Å². The van der Waals surface area contributed by atoms with Crippen molar-refractivity contribution in [3.05, 3.63) is 29.8 Å². The summed E-state index contributed by atoms with van der Waals surface area (Å²) in [6, 6.07) is 7.88. The van der Waals surface area contributed by atoms with Crippen LogP contribution in [-0.4, -0.2) is 101 Å². The summed E-state index contributed by atoms with van der Waals surface area (Å²) in [5.74, 6) is 1.37. The quantitative estimate of drug-likeness (QED) is 0.394. The highest BCUT2D eigenvalue weighted by Crippen LogP contribution is 2.54. The summed E-state index contributed by atoms with van der Waals surface area (Å²) in [5.41, 5.74) is 1.25. The first-order valence-corrected chi connectivity index (χ1v) is 12.0. The number of carbonyl (C=O) groups excluding carboxylic acids is 1. The first-order chi connectivity index (χ1) is 16.7. The van der Waals surface area contributed by atoms with Gasteiger partial charge in [0.2, 0.25) is 5.91 Å². The molecule has 0 saturated carbocycles. The van der Waals surface area contributed by atoms with E-state index in [2.05, 4.69) is 29.0 Å². The van der Waals surface area contributed by atoms with Crippen LogP contribution >= 0.6 is 0 Å². The lowest BCUT2D eigenvalue weighted by atomic mass is 9.73. The van der Waals surface area contributed by atoms with E-state index in [1.807, 2.05) is 19.2 Å². The van der Waals surface area contributed by atoms with E-state index in [-0.39, 0.29) is 24.5 Å². The van der Waals surface area contributed by atoms with Crippen LogP contribution in [0.2, 0.25) is 0 Å². The van der Waals surface area contributed by atoms with Gasteiger partial charge in [0.05, 0.1) is 18.2 Å². The zero-order valence-corrected chi connectivity index (χ0v) is 20.8. The van der Waals surface area contributed by atoms with E-state index in [0.29, 0.717) is 36.3 Å². The molecule has 10 heteroatoms. The van der Waals surface area contributed by atoms with E-state index in [4.69, 9.17) is 24.5 Å². The van der Waals surface area contributed by atoms with Crippen LogP contribution in [0.3, 0.4) is 0 Å². The van der Waals surface area contributed by atoms with Crippen LogP contribution in [0.4, 0.5) is 0 Å². The molecule has 3 fully saturated rings. The van der Waals surface area contributed by atoms with Crippen molar-refractivity contribution in [3.8, 4) is 5.75 Å². The molecule has 1 spiro atoms. The Morgan fingerprint density at radius 1 is 1.26 bits per heavy atom. The number of amides is 1. The van der Waals surface area contributed by atoms with Crippen LogP contribution in [0.15, 0.2) is 24.3 Å². The molecular formula is C25H39N3O7. The Bertz CT molecular complexity index is 814. The maximum Gasteiger partial charge on any atom is 0.290 e. The average molecular weight is 494 g/mol. The first kappa shape index (κ1) is 28.5. The fourth-order valence-electron chi connectivity index (χ4n) is 5.38. The normalized spacial score (nSPS) is 26.4. The van der Waals surface area contributed by atoms with Gasteiger partial charge in [-0.2, -0.15) is 0 Å². The maximum atomic E-state index is 12.3. The van der Waals surface area contributed by atoms with Gasteiger partial charge >= 0.3 is 0 Å². The topological polar surface area (TPSA) is 140 Å². The van der Waals surface area contributed by atoms with Crippen LogP contribution in [0, 0.1) is 11.8 Å². The number of hydrogen-bond donors (Lipinski definition) is 4. The first-order valence-electron chi connectivity index (χ1n) is 12.0. The molecule has 2 bridgehead atoms. The number of fused-ring (bicyclic) bond motifs is 1. The number of likely N-dealkylation sites (N-methyl/N-ethyl adjacent to an activating group) is 1. The second-order valence-corrected chi connectivity index (χ2v) is 9.71. The van der Waals surface area contributed by atoms with Gasteiger partial charge in [0.25, 0.3) is 12.9 Å². The largest absolute Gasteiger partial charge is 0.508 e. The Labute approximate surface area is 206 Å². The van der Waals surface area contributed by atoms with Gasteiger partial charge < -0.3 is 25.4 Å². The molecule has 3 aliphatic rings. The van der Waals surface area contributed by atoms with E-state index < -0.39 is 0 Å². The predicted octanol–water partition coefficient (Wildman–Crippen LogP) is 1.27. The van der Waals surface area contributed by atoms with Crippen molar-refractivity contribution in [1.29, 1.82) is 0 Å². The van der Waals surface area contributed by atoms with Crippen LogP contribution in [0.5, 0.6) is 5.75 Å². The Morgan fingerprint density at radius 3 is 2.49 bits per heavy atom. The van der Waals surface area contributed by atoms with Crippen molar-refractivity contribution in [3.63, 3.8) is 0 Å². The molecule has 0 aliphatic carbocycles. The lowest BCUT2D eigenvalue weighted by molar-refractivity contribution is -0.123. The number of phenolic OH excluding ortho intramolecular Hbond substituents is 1. The molecule has 3 aliphatic heterocycles. The number of likely N-dealkylation sites (tertiary alicyclic amines) is 1. The van der Waals surface area contributed by atoms with Crippen molar-refractivity contribution in [2.45, 2.75) is 50.9 Å². The zero-order chi connectivity index (χ0) is 26.0. The molecule has 4 atom stereocenters. The standard InChI is InChI=1S/C23H35N3O3.2CH2O2/c1-16(2)25(3)14-22(28)24-12-19-20-13-26(15-23(20)10-8-21(19)29-23)11-9-17-4-6-18(27)7-5-17;2*2-1-3/h4-7,16,19-21,27H,8-15H2,1-3H3,(H,24,28);2*1H,(H,2,3)/t19-,20+,21+,23+;;/m0../s1. The van der Waals surface area contributed by atoms with Gasteiger partial charge in [-0.15, -0.1) is 0 Å². The number of nitrogens with zero attached hydrogens (tertiary/aromatic N) is 2. The van der Waals surface area contributed by atoms with Crippen LogP contribution in [-0.2, 0) is 25.5 Å². The summed E-state index contributed by atoms with van der Waals surface area (Å²) >= 11 is 0. The number of benzene rings is 1. The van der Waals surface area contributed by atoms with Gasteiger partial charge in [-0.3, -0.25) is 24.2 Å². The van der Waals surface area contributed by atoms with Gasteiger partial charge in [-0.25, -0.2) is 0 Å². The summed E-state index contributed by atoms with van der Waals surface area (Å²) < 4.78 is 6.51. The molecule has 10 nitrogen and oxygen atoms in total. The predicted molar refractivity (Wildman–Crippen MR) is 130 cm³/mol. The zero-order valence-electron chi connectivity index (χ0n) is 20.8. The van der Waals surface area contributed by atoms with E-state index >= 15 is 0 Å². The highest BCUT2D eigenvalue weighted by atomic mass is 16.5. The summed E-state index contributed by atoms with van der Waals surface area (Å²) in [7, 11) is 1.99. The molecule has 35 heavy (non-hydrogen) atoms. The number of ether oxygens (including phenoxy) is 1. The SMILES string of the molecule is CC(C)N(C)CC(=O)NC[C@H]1[C@H]2CN(CCc3ccc(O)cc3)C[C@]23CC[C@H]1O3.O=CO.O=CO. The minimum Gasteiger partial charge on any atom is -0.508 e. The van der Waals surface area contributed by atoms with Crippen molar-refractivity contribution >= 4 is 18.9 Å². The molecule has 4 rings (SSSR count). The number of carbonyl (C=O) groups is 3. The minimum atomic E-state index is -0.250. The van der Waals surface area contributed by atoms with Crippen molar-refractivity contribution in [2.75, 3.05) is 39.8 Å². The number of phenols is 1. The fourth-order valence-corrected chi connectivity index (χ4v) is 5.38. The fraction of sp³-hybridized carbons (Fsp3) is 0.640. The van der Waals surface area contributed by atoms with Crippen molar-refractivity contribution < 1.29 is 34.4 Å². The van der Waals surface area contributed by atoms with Crippen LogP contribution in [0.1, 0.15) is 32.3 Å². The molecule has 0 aromatic heterocycles. The third kappa shape index (κ3) is 7.65. The molecule has 4 N–H and O–H groups in total. The lowest BCUT2D eigenvalue weighted by Crippen LogP contribution is -2.44. The van der Waals surface area contributed by atoms with Crippen LogP contribution in [0.25, 0.3) is 0 Å². The second kappa shape index (κ2) is 13.4. The number of aromatic hydroxyl groups is 1. The monoisotopic (exact) mass is 493 g/mol. The summed E-state index contributed by atoms with van der Waals surface area (Å²) in [5, 5.41) is 26.4.